The Morgan fingerprint density at radius 1 is 1.07 bits per heavy atom. The molecule has 0 saturated carbocycles. The maximum atomic E-state index is 13.0. The van der Waals surface area contributed by atoms with E-state index in [1.54, 1.807) is 43.4 Å². The van der Waals surface area contributed by atoms with Gasteiger partial charge in [0, 0.05) is 17.2 Å². The van der Waals surface area contributed by atoms with Crippen molar-refractivity contribution in [1.82, 2.24) is 15.0 Å². The van der Waals surface area contributed by atoms with Gasteiger partial charge in [0.25, 0.3) is 5.91 Å². The third-order valence-corrected chi connectivity index (χ3v) is 4.32. The zero-order valence-corrected chi connectivity index (χ0v) is 16.4. The van der Waals surface area contributed by atoms with E-state index in [1.807, 2.05) is 38.1 Å². The zero-order chi connectivity index (χ0) is 20.1. The molecule has 7 nitrogen and oxygen atoms in total. The Labute approximate surface area is 163 Å². The number of carbonyl (C=O) groups is 1. The van der Waals surface area contributed by atoms with Crippen LogP contribution in [0.2, 0.25) is 0 Å². The molecular weight excluding hydrogens is 358 g/mol. The summed E-state index contributed by atoms with van der Waals surface area (Å²) in [6.07, 6.45) is 0. The summed E-state index contributed by atoms with van der Waals surface area (Å²) in [6, 6.07) is 14.4. The van der Waals surface area contributed by atoms with Gasteiger partial charge in [0.2, 0.25) is 11.7 Å². The summed E-state index contributed by atoms with van der Waals surface area (Å²) >= 11 is 0. The van der Waals surface area contributed by atoms with Crippen LogP contribution in [0.25, 0.3) is 11.4 Å². The first-order chi connectivity index (χ1) is 13.5. The van der Waals surface area contributed by atoms with Crippen molar-refractivity contribution in [2.45, 2.75) is 26.4 Å². The summed E-state index contributed by atoms with van der Waals surface area (Å²) in [7, 11) is 3.18. The molecule has 0 radical (unpaired) electrons. The molecule has 3 aromatic rings. The van der Waals surface area contributed by atoms with Crippen molar-refractivity contribution in [1.29, 1.82) is 0 Å². The highest BCUT2D eigenvalue weighted by Crippen LogP contribution is 2.21. The van der Waals surface area contributed by atoms with Gasteiger partial charge in [-0.1, -0.05) is 11.2 Å². The number of rotatable bonds is 7. The highest BCUT2D eigenvalue weighted by atomic mass is 16.5. The number of ether oxygens (including phenoxy) is 2. The van der Waals surface area contributed by atoms with E-state index in [1.165, 1.54) is 0 Å². The van der Waals surface area contributed by atoms with Crippen LogP contribution in [0.4, 0.5) is 0 Å². The van der Waals surface area contributed by atoms with Crippen molar-refractivity contribution in [3.8, 4) is 22.9 Å². The molecular formula is C21H23N3O4. The molecule has 0 bridgehead atoms. The molecule has 0 aliphatic rings. The lowest BCUT2D eigenvalue weighted by atomic mass is 10.1. The second-order valence-electron chi connectivity index (χ2n) is 6.50. The number of amides is 1. The van der Waals surface area contributed by atoms with E-state index < -0.39 is 0 Å². The standard InChI is InChI=1S/C21H23N3O4/c1-14(2)24(21(25)16-6-5-7-18(12-16)27-4)13-19-22-20(23-28-19)15-8-10-17(26-3)11-9-15/h5-12,14H,13H2,1-4H3. The molecule has 2 aromatic carbocycles. The van der Waals surface area contributed by atoms with E-state index in [-0.39, 0.29) is 18.5 Å². The molecule has 1 amide bonds. The third-order valence-electron chi connectivity index (χ3n) is 4.32. The minimum absolute atomic E-state index is 0.0463. The molecule has 0 unspecified atom stereocenters. The number of aromatic nitrogens is 2. The van der Waals surface area contributed by atoms with Gasteiger partial charge in [-0.3, -0.25) is 4.79 Å². The summed E-state index contributed by atoms with van der Waals surface area (Å²) < 4.78 is 15.7. The van der Waals surface area contributed by atoms with Gasteiger partial charge >= 0.3 is 0 Å². The molecule has 0 atom stereocenters. The summed E-state index contributed by atoms with van der Waals surface area (Å²) in [4.78, 5) is 19.1. The van der Waals surface area contributed by atoms with E-state index in [9.17, 15) is 4.79 Å². The molecule has 0 spiro atoms. The van der Waals surface area contributed by atoms with Crippen LogP contribution in [0.3, 0.4) is 0 Å². The van der Waals surface area contributed by atoms with Crippen LogP contribution in [-0.2, 0) is 6.54 Å². The molecule has 1 heterocycles. The summed E-state index contributed by atoms with van der Waals surface area (Å²) in [5.41, 5.74) is 1.36. The predicted octanol–water partition coefficient (Wildman–Crippen LogP) is 3.80. The van der Waals surface area contributed by atoms with Crippen molar-refractivity contribution >= 4 is 5.91 Å². The highest BCUT2D eigenvalue weighted by Gasteiger charge is 2.22. The first-order valence-corrected chi connectivity index (χ1v) is 8.94. The van der Waals surface area contributed by atoms with Crippen molar-refractivity contribution in [2.24, 2.45) is 0 Å². The quantitative estimate of drug-likeness (QED) is 0.619. The van der Waals surface area contributed by atoms with Crippen LogP contribution < -0.4 is 9.47 Å². The Morgan fingerprint density at radius 2 is 1.79 bits per heavy atom. The molecule has 0 aliphatic carbocycles. The van der Waals surface area contributed by atoms with E-state index >= 15 is 0 Å². The van der Waals surface area contributed by atoms with Crippen LogP contribution in [0.5, 0.6) is 11.5 Å². The van der Waals surface area contributed by atoms with Gasteiger partial charge in [-0.15, -0.1) is 0 Å². The van der Waals surface area contributed by atoms with E-state index in [0.717, 1.165) is 11.3 Å². The van der Waals surface area contributed by atoms with Crippen LogP contribution >= 0.6 is 0 Å². The van der Waals surface area contributed by atoms with E-state index in [2.05, 4.69) is 10.1 Å². The first kappa shape index (κ1) is 19.4. The zero-order valence-electron chi connectivity index (χ0n) is 16.4. The van der Waals surface area contributed by atoms with Crippen LogP contribution in [0, 0.1) is 0 Å². The largest absolute Gasteiger partial charge is 0.497 e. The average molecular weight is 381 g/mol. The number of carbonyl (C=O) groups excluding carboxylic acids is 1. The predicted molar refractivity (Wildman–Crippen MR) is 104 cm³/mol. The van der Waals surface area contributed by atoms with Gasteiger partial charge in [0.1, 0.15) is 18.0 Å². The summed E-state index contributed by atoms with van der Waals surface area (Å²) in [5.74, 6) is 2.10. The maximum Gasteiger partial charge on any atom is 0.254 e. The van der Waals surface area contributed by atoms with Crippen LogP contribution in [-0.4, -0.2) is 41.2 Å². The molecule has 0 fully saturated rings. The van der Waals surface area contributed by atoms with Crippen molar-refractivity contribution in [2.75, 3.05) is 14.2 Å². The molecule has 0 aliphatic heterocycles. The lowest BCUT2D eigenvalue weighted by Gasteiger charge is -2.25. The normalized spacial score (nSPS) is 10.8. The average Bonchev–Trinajstić information content (AvgIpc) is 3.20. The van der Waals surface area contributed by atoms with Gasteiger partial charge < -0.3 is 18.9 Å². The Balaban J connectivity index is 1.79. The minimum atomic E-state index is -0.127. The lowest BCUT2D eigenvalue weighted by molar-refractivity contribution is 0.0667. The second kappa shape index (κ2) is 8.56. The molecule has 0 N–H and O–H groups in total. The van der Waals surface area contributed by atoms with E-state index in [0.29, 0.717) is 23.0 Å². The Kier molecular flexibility index (Phi) is 5.93. The second-order valence-corrected chi connectivity index (χ2v) is 6.50. The Hall–Kier alpha value is -3.35. The molecule has 28 heavy (non-hydrogen) atoms. The highest BCUT2D eigenvalue weighted by molar-refractivity contribution is 5.94. The van der Waals surface area contributed by atoms with Crippen LogP contribution in [0.1, 0.15) is 30.1 Å². The van der Waals surface area contributed by atoms with Crippen molar-refractivity contribution in [3.63, 3.8) is 0 Å². The van der Waals surface area contributed by atoms with Gasteiger partial charge in [0.15, 0.2) is 0 Å². The lowest BCUT2D eigenvalue weighted by Crippen LogP contribution is -2.36. The van der Waals surface area contributed by atoms with Crippen molar-refractivity contribution < 1.29 is 18.8 Å². The van der Waals surface area contributed by atoms with Gasteiger partial charge in [-0.25, -0.2) is 0 Å². The molecule has 0 saturated heterocycles. The molecule has 7 heteroatoms. The number of methoxy groups -OCH3 is 2. The fraction of sp³-hybridized carbons (Fsp3) is 0.286. The molecule has 3 rings (SSSR count). The fourth-order valence-electron chi connectivity index (χ4n) is 2.73. The Bertz CT molecular complexity index is 935. The third kappa shape index (κ3) is 4.31. The summed E-state index contributed by atoms with van der Waals surface area (Å²) in [5, 5.41) is 4.03. The summed E-state index contributed by atoms with van der Waals surface area (Å²) in [6.45, 7) is 4.11. The fourth-order valence-corrected chi connectivity index (χ4v) is 2.73. The minimum Gasteiger partial charge on any atom is -0.497 e. The topological polar surface area (TPSA) is 77.7 Å². The maximum absolute atomic E-state index is 13.0. The Morgan fingerprint density at radius 3 is 2.43 bits per heavy atom. The first-order valence-electron chi connectivity index (χ1n) is 8.94. The van der Waals surface area contributed by atoms with Gasteiger partial charge in [-0.05, 0) is 56.3 Å². The van der Waals surface area contributed by atoms with Crippen LogP contribution in [0.15, 0.2) is 53.1 Å². The smallest absolute Gasteiger partial charge is 0.254 e. The number of benzene rings is 2. The molecule has 146 valence electrons. The monoisotopic (exact) mass is 381 g/mol. The number of nitrogens with zero attached hydrogens (tertiary/aromatic N) is 3. The number of hydrogen-bond acceptors (Lipinski definition) is 6. The van der Waals surface area contributed by atoms with Gasteiger partial charge in [0.05, 0.1) is 14.2 Å². The molecule has 1 aromatic heterocycles. The number of hydrogen-bond donors (Lipinski definition) is 0. The van der Waals surface area contributed by atoms with E-state index in [4.69, 9.17) is 14.0 Å². The van der Waals surface area contributed by atoms with Gasteiger partial charge in [-0.2, -0.15) is 4.98 Å². The van der Waals surface area contributed by atoms with Crippen molar-refractivity contribution in [3.05, 3.63) is 60.0 Å². The SMILES string of the molecule is COc1ccc(-c2noc(CN(C(=O)c3cccc(OC)c3)C(C)C)n2)cc1.